The van der Waals surface area contributed by atoms with Crippen molar-refractivity contribution in [2.75, 3.05) is 13.2 Å². The molecule has 26 heavy (non-hydrogen) atoms. The van der Waals surface area contributed by atoms with Crippen LogP contribution in [-0.2, 0) is 23.8 Å². The standard InChI is InChI=1S/C19H22O7/c1-8-4-12(25-17(22)9(2)6-20)14-10(3)18(23)26-16(14)15-11(8)5-13(21)19(15)7-24-19/h11-16,20-21H,1-7H2/t11-,12-,13+,14+,15-,16-,19+/m0/s1. The van der Waals surface area contributed by atoms with E-state index in [2.05, 4.69) is 19.7 Å². The molecule has 2 N–H and O–H groups in total. The molecule has 7 heteroatoms. The number of fused-ring (bicyclic) bond motifs is 4. The minimum absolute atomic E-state index is 0.0649. The third-order valence-electron chi connectivity index (χ3n) is 6.26. The molecule has 0 bridgehead atoms. The molecule has 0 unspecified atom stereocenters. The highest BCUT2D eigenvalue weighted by Gasteiger charge is 2.70. The molecule has 2 aliphatic carbocycles. The van der Waals surface area contributed by atoms with Crippen LogP contribution in [0.4, 0.5) is 0 Å². The topological polar surface area (TPSA) is 106 Å². The third kappa shape index (κ3) is 2.31. The van der Waals surface area contributed by atoms with Crippen LogP contribution in [0.2, 0.25) is 0 Å². The molecule has 0 amide bonds. The monoisotopic (exact) mass is 362 g/mol. The third-order valence-corrected chi connectivity index (χ3v) is 6.26. The summed E-state index contributed by atoms with van der Waals surface area (Å²) in [6, 6.07) is 0. The largest absolute Gasteiger partial charge is 0.458 e. The fourth-order valence-corrected chi connectivity index (χ4v) is 4.82. The molecule has 4 rings (SSSR count). The highest BCUT2D eigenvalue weighted by molar-refractivity contribution is 5.92. The number of esters is 2. The zero-order valence-corrected chi connectivity index (χ0v) is 14.3. The second kappa shape index (κ2) is 5.77. The average Bonchev–Trinajstić information content (AvgIpc) is 3.29. The lowest BCUT2D eigenvalue weighted by molar-refractivity contribution is -0.149. The van der Waals surface area contributed by atoms with Crippen LogP contribution in [0.15, 0.2) is 36.5 Å². The first-order chi connectivity index (χ1) is 12.3. The molecule has 4 fully saturated rings. The number of hydrogen-bond acceptors (Lipinski definition) is 7. The van der Waals surface area contributed by atoms with Gasteiger partial charge in [-0.05, 0) is 12.3 Å². The lowest BCUT2D eigenvalue weighted by Crippen LogP contribution is -2.43. The van der Waals surface area contributed by atoms with Gasteiger partial charge >= 0.3 is 11.9 Å². The number of aliphatic hydroxyl groups is 2. The van der Waals surface area contributed by atoms with E-state index in [1.54, 1.807) is 0 Å². The Morgan fingerprint density at radius 2 is 2.08 bits per heavy atom. The Kier molecular flexibility index (Phi) is 3.87. The lowest BCUT2D eigenvalue weighted by Gasteiger charge is -2.30. The molecule has 0 aromatic rings. The summed E-state index contributed by atoms with van der Waals surface area (Å²) in [4.78, 5) is 24.4. The van der Waals surface area contributed by atoms with Crippen molar-refractivity contribution in [3.05, 3.63) is 36.5 Å². The van der Waals surface area contributed by atoms with Crippen LogP contribution >= 0.6 is 0 Å². The molecular weight excluding hydrogens is 340 g/mol. The van der Waals surface area contributed by atoms with E-state index < -0.39 is 48.4 Å². The maximum Gasteiger partial charge on any atom is 0.336 e. The van der Waals surface area contributed by atoms with E-state index in [9.17, 15) is 14.7 Å². The van der Waals surface area contributed by atoms with Gasteiger partial charge in [0.2, 0.25) is 0 Å². The van der Waals surface area contributed by atoms with Crippen LogP contribution in [0.3, 0.4) is 0 Å². The molecule has 2 heterocycles. The van der Waals surface area contributed by atoms with Crippen LogP contribution in [0.25, 0.3) is 0 Å². The number of rotatable bonds is 3. The zero-order valence-electron chi connectivity index (χ0n) is 14.3. The summed E-state index contributed by atoms with van der Waals surface area (Å²) in [5, 5.41) is 19.6. The van der Waals surface area contributed by atoms with Crippen molar-refractivity contribution in [3.8, 4) is 0 Å². The Morgan fingerprint density at radius 3 is 2.69 bits per heavy atom. The second-order valence-corrected chi connectivity index (χ2v) is 7.62. The van der Waals surface area contributed by atoms with Gasteiger partial charge in [0.25, 0.3) is 0 Å². The van der Waals surface area contributed by atoms with Crippen LogP contribution < -0.4 is 0 Å². The van der Waals surface area contributed by atoms with Gasteiger partial charge in [-0.2, -0.15) is 0 Å². The molecule has 7 nitrogen and oxygen atoms in total. The summed E-state index contributed by atoms with van der Waals surface area (Å²) in [6.07, 6.45) is -1.14. The van der Waals surface area contributed by atoms with Gasteiger partial charge in [0.05, 0.1) is 30.8 Å². The van der Waals surface area contributed by atoms with E-state index in [-0.39, 0.29) is 23.0 Å². The SMILES string of the molecule is C=C(CO)C(=O)O[C@H]1CC(=C)[C@@H]2C[C@@H](O)[C@]3(CO3)[C@@H]2[C@H]2OC(=O)C(=C)[C@@H]21. The van der Waals surface area contributed by atoms with E-state index in [0.717, 1.165) is 5.57 Å². The lowest BCUT2D eigenvalue weighted by atomic mass is 9.78. The minimum atomic E-state index is -0.727. The van der Waals surface area contributed by atoms with Crippen molar-refractivity contribution in [3.63, 3.8) is 0 Å². The predicted octanol–water partition coefficient (Wildman–Crippen LogP) is 0.270. The molecule has 0 aromatic carbocycles. The number of ether oxygens (including phenoxy) is 3. The van der Waals surface area contributed by atoms with Gasteiger partial charge in [0.1, 0.15) is 17.8 Å². The van der Waals surface area contributed by atoms with Gasteiger partial charge < -0.3 is 24.4 Å². The van der Waals surface area contributed by atoms with Gasteiger partial charge in [0.15, 0.2) is 0 Å². The Balaban J connectivity index is 1.70. The van der Waals surface area contributed by atoms with E-state index in [0.29, 0.717) is 19.4 Å². The van der Waals surface area contributed by atoms with Crippen LogP contribution in [-0.4, -0.2) is 59.3 Å². The number of carbonyl (C=O) groups is 2. The van der Waals surface area contributed by atoms with E-state index in [4.69, 9.17) is 19.3 Å². The van der Waals surface area contributed by atoms with Gasteiger partial charge in [-0.3, -0.25) is 0 Å². The van der Waals surface area contributed by atoms with Gasteiger partial charge in [-0.15, -0.1) is 0 Å². The fraction of sp³-hybridized carbons (Fsp3) is 0.579. The Hall–Kier alpha value is -1.96. The first kappa shape index (κ1) is 17.5. The highest BCUT2D eigenvalue weighted by Crippen LogP contribution is 2.60. The summed E-state index contributed by atoms with van der Waals surface area (Å²) in [7, 11) is 0. The molecule has 2 saturated heterocycles. The van der Waals surface area contributed by atoms with Crippen molar-refractivity contribution in [2.24, 2.45) is 17.8 Å². The van der Waals surface area contributed by atoms with Crippen molar-refractivity contribution >= 4 is 11.9 Å². The number of epoxide rings is 1. The van der Waals surface area contributed by atoms with E-state index in [1.165, 1.54) is 0 Å². The highest BCUT2D eigenvalue weighted by atomic mass is 16.6. The van der Waals surface area contributed by atoms with Crippen molar-refractivity contribution in [2.45, 2.75) is 36.8 Å². The van der Waals surface area contributed by atoms with Crippen molar-refractivity contribution < 1.29 is 34.0 Å². The number of hydrogen-bond donors (Lipinski definition) is 2. The van der Waals surface area contributed by atoms with E-state index in [1.807, 2.05) is 0 Å². The summed E-state index contributed by atoms with van der Waals surface area (Å²) >= 11 is 0. The van der Waals surface area contributed by atoms with E-state index >= 15 is 0 Å². The Morgan fingerprint density at radius 1 is 1.38 bits per heavy atom. The molecule has 2 saturated carbocycles. The second-order valence-electron chi connectivity index (χ2n) is 7.62. The normalized spacial score (nSPS) is 43.5. The maximum atomic E-state index is 12.2. The summed E-state index contributed by atoms with van der Waals surface area (Å²) in [6.45, 7) is 11.4. The van der Waals surface area contributed by atoms with Gasteiger partial charge in [-0.1, -0.05) is 25.3 Å². The molecule has 1 spiro atoms. The smallest absolute Gasteiger partial charge is 0.336 e. The molecule has 7 atom stereocenters. The van der Waals surface area contributed by atoms with Gasteiger partial charge in [0, 0.05) is 17.9 Å². The Labute approximate surface area is 150 Å². The first-order valence-electron chi connectivity index (χ1n) is 8.69. The predicted molar refractivity (Wildman–Crippen MR) is 88.7 cm³/mol. The summed E-state index contributed by atoms with van der Waals surface area (Å²) in [5.41, 5.74) is 0.277. The quantitative estimate of drug-likeness (QED) is 0.321. The van der Waals surface area contributed by atoms with Crippen molar-refractivity contribution in [1.82, 2.24) is 0 Å². The van der Waals surface area contributed by atoms with Crippen LogP contribution in [0.1, 0.15) is 12.8 Å². The Bertz CT molecular complexity index is 719. The first-order valence-corrected chi connectivity index (χ1v) is 8.69. The molecule has 4 aliphatic rings. The summed E-state index contributed by atoms with van der Waals surface area (Å²) < 4.78 is 16.8. The average molecular weight is 362 g/mol. The molecule has 2 aliphatic heterocycles. The molecule has 0 aromatic heterocycles. The number of aliphatic hydroxyl groups excluding tert-OH is 2. The minimum Gasteiger partial charge on any atom is -0.458 e. The fourth-order valence-electron chi connectivity index (χ4n) is 4.82. The number of carbonyl (C=O) groups excluding carboxylic acids is 2. The van der Waals surface area contributed by atoms with Gasteiger partial charge in [-0.25, -0.2) is 9.59 Å². The van der Waals surface area contributed by atoms with Crippen molar-refractivity contribution in [1.29, 1.82) is 0 Å². The van der Waals surface area contributed by atoms with Crippen LogP contribution in [0.5, 0.6) is 0 Å². The van der Waals surface area contributed by atoms with Crippen LogP contribution in [0, 0.1) is 17.8 Å². The molecule has 0 radical (unpaired) electrons. The maximum absolute atomic E-state index is 12.2. The molecular formula is C19H22O7. The zero-order chi connectivity index (χ0) is 18.8. The summed E-state index contributed by atoms with van der Waals surface area (Å²) in [5.74, 6) is -2.13. The molecule has 140 valence electrons.